The fourth-order valence-electron chi connectivity index (χ4n) is 2.85. The molecule has 21 heavy (non-hydrogen) atoms. The van der Waals surface area contributed by atoms with Gasteiger partial charge in [0.05, 0.1) is 10.5 Å². The third kappa shape index (κ3) is 3.51. The van der Waals surface area contributed by atoms with Crippen molar-refractivity contribution in [2.45, 2.75) is 32.6 Å². The topological polar surface area (TPSA) is 84.3 Å². The van der Waals surface area contributed by atoms with Crippen LogP contribution in [-0.2, 0) is 0 Å². The van der Waals surface area contributed by atoms with E-state index in [4.69, 9.17) is 0 Å². The summed E-state index contributed by atoms with van der Waals surface area (Å²) in [4.78, 5) is 22.7. The number of carbonyl (C=O) groups is 1. The predicted molar refractivity (Wildman–Crippen MR) is 81.6 cm³/mol. The molecule has 0 atom stereocenters. The number of hydrogen-bond acceptors (Lipinski definition) is 4. The number of carbonyl (C=O) groups excluding carboxylic acids is 1. The second-order valence-corrected chi connectivity index (χ2v) is 5.94. The van der Waals surface area contributed by atoms with Gasteiger partial charge in [-0.25, -0.2) is 0 Å². The molecule has 2 rings (SSSR count). The first-order valence-corrected chi connectivity index (χ1v) is 7.20. The van der Waals surface area contributed by atoms with Gasteiger partial charge in [-0.3, -0.25) is 14.9 Å². The molecule has 0 heterocycles. The number of anilines is 1. The van der Waals surface area contributed by atoms with Crippen molar-refractivity contribution in [3.63, 3.8) is 0 Å². The lowest BCUT2D eigenvalue weighted by Gasteiger charge is -2.24. The maximum Gasteiger partial charge on any atom is 0.270 e. The maximum absolute atomic E-state index is 12.3. The van der Waals surface area contributed by atoms with Crippen LogP contribution in [0.2, 0.25) is 0 Å². The number of nitro benzene ring substituents is 1. The van der Waals surface area contributed by atoms with Gasteiger partial charge in [0.2, 0.25) is 0 Å². The van der Waals surface area contributed by atoms with Crippen LogP contribution in [-0.4, -0.2) is 24.4 Å². The Labute approximate surface area is 124 Å². The Morgan fingerprint density at radius 1 is 1.38 bits per heavy atom. The zero-order chi connectivity index (χ0) is 15.5. The molecule has 1 saturated carbocycles. The van der Waals surface area contributed by atoms with Crippen LogP contribution in [0.3, 0.4) is 0 Å². The second-order valence-electron chi connectivity index (χ2n) is 5.94. The van der Waals surface area contributed by atoms with E-state index >= 15 is 0 Å². The molecule has 1 aliphatic rings. The Bertz CT molecular complexity index is 551. The van der Waals surface area contributed by atoms with Crippen LogP contribution in [0.15, 0.2) is 18.2 Å². The van der Waals surface area contributed by atoms with Gasteiger partial charge in [-0.2, -0.15) is 0 Å². The maximum atomic E-state index is 12.3. The minimum absolute atomic E-state index is 0.0776. The van der Waals surface area contributed by atoms with E-state index in [9.17, 15) is 14.9 Å². The number of nitrogens with zero attached hydrogens (tertiary/aromatic N) is 1. The molecular weight excluding hydrogens is 270 g/mol. The summed E-state index contributed by atoms with van der Waals surface area (Å²) in [6.07, 6.45) is 4.62. The molecule has 0 radical (unpaired) electrons. The van der Waals surface area contributed by atoms with E-state index in [1.54, 1.807) is 13.1 Å². The van der Waals surface area contributed by atoms with Crippen molar-refractivity contribution in [1.82, 2.24) is 5.32 Å². The lowest BCUT2D eigenvalue weighted by Crippen LogP contribution is -2.34. The second kappa shape index (κ2) is 6.11. The van der Waals surface area contributed by atoms with Crippen LogP contribution in [0.5, 0.6) is 0 Å². The van der Waals surface area contributed by atoms with Crippen molar-refractivity contribution in [2.75, 3.05) is 18.9 Å². The number of rotatable bonds is 5. The van der Waals surface area contributed by atoms with Gasteiger partial charge < -0.3 is 10.6 Å². The molecule has 0 aromatic heterocycles. The van der Waals surface area contributed by atoms with Gasteiger partial charge in [0.1, 0.15) is 0 Å². The summed E-state index contributed by atoms with van der Waals surface area (Å²) in [5, 5.41) is 16.7. The first kappa shape index (κ1) is 15.3. The molecule has 1 amide bonds. The number of nitro groups is 1. The van der Waals surface area contributed by atoms with E-state index in [1.165, 1.54) is 25.0 Å². The number of nitrogens with one attached hydrogen (secondary N) is 2. The number of hydrogen-bond donors (Lipinski definition) is 2. The smallest absolute Gasteiger partial charge is 0.270 e. The van der Waals surface area contributed by atoms with Crippen LogP contribution >= 0.6 is 0 Å². The Morgan fingerprint density at radius 3 is 2.62 bits per heavy atom. The molecule has 1 aromatic carbocycles. The molecular formula is C15H21N3O3. The summed E-state index contributed by atoms with van der Waals surface area (Å²) >= 11 is 0. The van der Waals surface area contributed by atoms with Crippen molar-refractivity contribution in [1.29, 1.82) is 0 Å². The Morgan fingerprint density at radius 2 is 2.05 bits per heavy atom. The normalized spacial score (nSPS) is 16.5. The zero-order valence-electron chi connectivity index (χ0n) is 12.4. The fraction of sp³-hybridized carbons (Fsp3) is 0.533. The van der Waals surface area contributed by atoms with Gasteiger partial charge in [-0.1, -0.05) is 19.8 Å². The Hall–Kier alpha value is -2.11. The lowest BCUT2D eigenvalue weighted by molar-refractivity contribution is -0.384. The van der Waals surface area contributed by atoms with Gasteiger partial charge in [0.25, 0.3) is 11.6 Å². The standard InChI is InChI=1S/C15H21N3O3/c1-15(7-3-4-8-15)10-17-14(19)12-9-11(18(20)21)5-6-13(12)16-2/h5-6,9,16H,3-4,7-8,10H2,1-2H3,(H,17,19). The largest absolute Gasteiger partial charge is 0.387 e. The van der Waals surface area contributed by atoms with E-state index < -0.39 is 4.92 Å². The first-order valence-electron chi connectivity index (χ1n) is 7.20. The molecule has 0 saturated heterocycles. The van der Waals surface area contributed by atoms with Crippen molar-refractivity contribution >= 4 is 17.3 Å². The van der Waals surface area contributed by atoms with E-state index in [2.05, 4.69) is 17.6 Å². The highest BCUT2D eigenvalue weighted by molar-refractivity contribution is 6.00. The van der Waals surface area contributed by atoms with Gasteiger partial charge in [-0.05, 0) is 24.3 Å². The highest BCUT2D eigenvalue weighted by atomic mass is 16.6. The number of non-ortho nitro benzene ring substituents is 1. The monoisotopic (exact) mass is 291 g/mol. The summed E-state index contributed by atoms with van der Waals surface area (Å²) in [7, 11) is 1.69. The molecule has 0 bridgehead atoms. The predicted octanol–water partition coefficient (Wildman–Crippen LogP) is 2.95. The van der Waals surface area contributed by atoms with Crippen LogP contribution in [0.25, 0.3) is 0 Å². The third-order valence-corrected chi connectivity index (χ3v) is 4.21. The SMILES string of the molecule is CNc1ccc([N+](=O)[O-])cc1C(=O)NCC1(C)CCCC1. The summed E-state index contributed by atoms with van der Waals surface area (Å²) in [5.74, 6) is -0.267. The van der Waals surface area contributed by atoms with E-state index in [1.807, 2.05) is 0 Å². The average Bonchev–Trinajstić information content (AvgIpc) is 2.91. The van der Waals surface area contributed by atoms with Gasteiger partial charge in [0.15, 0.2) is 0 Å². The zero-order valence-corrected chi connectivity index (χ0v) is 12.4. The fourth-order valence-corrected chi connectivity index (χ4v) is 2.85. The van der Waals surface area contributed by atoms with Crippen molar-refractivity contribution in [3.05, 3.63) is 33.9 Å². The molecule has 0 spiro atoms. The average molecular weight is 291 g/mol. The molecule has 114 valence electrons. The van der Waals surface area contributed by atoms with Gasteiger partial charge >= 0.3 is 0 Å². The number of amides is 1. The quantitative estimate of drug-likeness (QED) is 0.645. The minimum Gasteiger partial charge on any atom is -0.387 e. The van der Waals surface area contributed by atoms with Gasteiger partial charge in [-0.15, -0.1) is 0 Å². The van der Waals surface area contributed by atoms with E-state index in [-0.39, 0.29) is 17.0 Å². The first-order chi connectivity index (χ1) is 9.95. The highest BCUT2D eigenvalue weighted by Gasteiger charge is 2.29. The summed E-state index contributed by atoms with van der Waals surface area (Å²) in [5.41, 5.74) is 0.977. The molecule has 1 aromatic rings. The number of benzene rings is 1. The molecule has 1 aliphatic carbocycles. The minimum atomic E-state index is -0.492. The van der Waals surface area contributed by atoms with Crippen molar-refractivity contribution in [3.8, 4) is 0 Å². The Balaban J connectivity index is 2.13. The summed E-state index contributed by atoms with van der Waals surface area (Å²) < 4.78 is 0. The molecule has 2 N–H and O–H groups in total. The van der Waals surface area contributed by atoms with Crippen LogP contribution in [0, 0.1) is 15.5 Å². The molecule has 0 unspecified atom stereocenters. The summed E-state index contributed by atoms with van der Waals surface area (Å²) in [6, 6.07) is 4.27. The van der Waals surface area contributed by atoms with Crippen molar-refractivity contribution < 1.29 is 9.72 Å². The van der Waals surface area contributed by atoms with Crippen LogP contribution < -0.4 is 10.6 Å². The molecule has 6 nitrogen and oxygen atoms in total. The summed E-state index contributed by atoms with van der Waals surface area (Å²) in [6.45, 7) is 2.78. The van der Waals surface area contributed by atoms with Crippen LogP contribution in [0.4, 0.5) is 11.4 Å². The molecule has 0 aliphatic heterocycles. The lowest BCUT2D eigenvalue weighted by atomic mass is 9.89. The highest BCUT2D eigenvalue weighted by Crippen LogP contribution is 2.36. The van der Waals surface area contributed by atoms with Crippen molar-refractivity contribution in [2.24, 2.45) is 5.41 Å². The molecule has 1 fully saturated rings. The van der Waals surface area contributed by atoms with E-state index in [0.29, 0.717) is 17.8 Å². The third-order valence-electron chi connectivity index (χ3n) is 4.21. The van der Waals surface area contributed by atoms with E-state index in [0.717, 1.165) is 12.8 Å². The Kier molecular flexibility index (Phi) is 4.45. The van der Waals surface area contributed by atoms with Gasteiger partial charge in [0, 0.05) is 31.4 Å². The molecule has 6 heteroatoms. The van der Waals surface area contributed by atoms with Crippen LogP contribution in [0.1, 0.15) is 43.0 Å².